The minimum atomic E-state index is -3.50. The van der Waals surface area contributed by atoms with Crippen molar-refractivity contribution in [3.05, 3.63) is 0 Å². The van der Waals surface area contributed by atoms with Crippen LogP contribution in [-0.2, 0) is 19.8 Å². The Morgan fingerprint density at radius 1 is 0.818 bits per heavy atom. The van der Waals surface area contributed by atoms with Gasteiger partial charge in [0.15, 0.2) is 0 Å². The molecule has 134 valence electrons. The zero-order valence-electron chi connectivity index (χ0n) is 12.0. The van der Waals surface area contributed by atoms with Crippen molar-refractivity contribution < 1.29 is 17.5 Å². The molecule has 6 nitrogen and oxygen atoms in total. The van der Waals surface area contributed by atoms with Crippen molar-refractivity contribution in [1.29, 1.82) is 0 Å². The van der Waals surface area contributed by atoms with Crippen LogP contribution < -0.4 is 0 Å². The van der Waals surface area contributed by atoms with Gasteiger partial charge in [0, 0.05) is 49.7 Å². The topological polar surface area (TPSA) is 66.9 Å². The van der Waals surface area contributed by atoms with E-state index in [2.05, 4.69) is 0 Å². The number of nitrogens with zero attached hydrogens (tertiary/aromatic N) is 2. The second kappa shape index (κ2) is 13.5. The summed E-state index contributed by atoms with van der Waals surface area (Å²) in [5.41, 5.74) is 0. The van der Waals surface area contributed by atoms with Crippen molar-refractivity contribution in [3.63, 3.8) is 0 Å². The summed E-state index contributed by atoms with van der Waals surface area (Å²) in [6, 6.07) is 0. The number of rotatable bonds is 14. The zero-order chi connectivity index (χ0) is 17.0. The van der Waals surface area contributed by atoms with Crippen LogP contribution in [0.1, 0.15) is 0 Å². The van der Waals surface area contributed by atoms with Crippen molar-refractivity contribution >= 4 is 64.8 Å². The molecular weight excluding hydrogens is 417 g/mol. The molecule has 0 N–H and O–H groups in total. The summed E-state index contributed by atoms with van der Waals surface area (Å²) < 4.78 is 43.2. The molecule has 0 atom stereocenters. The summed E-state index contributed by atoms with van der Waals surface area (Å²) in [7, 11) is -6.11. The molecule has 0 heterocycles. The molecule has 0 fully saturated rings. The van der Waals surface area contributed by atoms with Crippen LogP contribution in [0, 0.1) is 0 Å². The highest BCUT2D eigenvalue weighted by Crippen LogP contribution is 2.54. The maximum atomic E-state index is 13.4. The minimum Gasteiger partial charge on any atom is -0.305 e. The molecule has 0 amide bonds. The van der Waals surface area contributed by atoms with Crippen molar-refractivity contribution in [2.45, 2.75) is 0 Å². The molecule has 0 aliphatic rings. The van der Waals surface area contributed by atoms with Crippen LogP contribution in [0.3, 0.4) is 0 Å². The van der Waals surface area contributed by atoms with E-state index in [0.717, 1.165) is 0 Å². The van der Waals surface area contributed by atoms with E-state index < -0.39 is 18.4 Å². The average Bonchev–Trinajstić information content (AvgIpc) is 2.46. The van der Waals surface area contributed by atoms with Gasteiger partial charge in [-0.1, -0.05) is 0 Å². The maximum absolute atomic E-state index is 13.4. The molecule has 0 aromatic rings. The van der Waals surface area contributed by atoms with E-state index in [1.807, 2.05) is 0 Å². The highest BCUT2D eigenvalue weighted by Gasteiger charge is 2.37. The van der Waals surface area contributed by atoms with Crippen molar-refractivity contribution in [1.82, 2.24) is 9.34 Å². The Labute approximate surface area is 153 Å². The Kier molecular flexibility index (Phi) is 14.3. The van der Waals surface area contributed by atoms with Crippen LogP contribution in [0.2, 0.25) is 0 Å². The zero-order valence-corrected chi connectivity index (χ0v) is 16.8. The Morgan fingerprint density at radius 2 is 1.18 bits per heavy atom. The van der Waals surface area contributed by atoms with Crippen LogP contribution in [0.15, 0.2) is 0 Å². The lowest BCUT2D eigenvalue weighted by molar-refractivity contribution is 0.226. The first-order valence-electron chi connectivity index (χ1n) is 6.57. The SMILES string of the molecule is O=[SH](=O)CCOP(=O)(N(CCCl)CCCl)N(CCCl)CCCl. The Morgan fingerprint density at radius 3 is 1.45 bits per heavy atom. The van der Waals surface area contributed by atoms with Crippen molar-refractivity contribution in [3.8, 4) is 0 Å². The monoisotopic (exact) mass is 436 g/mol. The smallest absolute Gasteiger partial charge is 0.305 e. The lowest BCUT2D eigenvalue weighted by Crippen LogP contribution is -2.37. The highest BCUT2D eigenvalue weighted by molar-refractivity contribution is 7.72. The summed E-state index contributed by atoms with van der Waals surface area (Å²) in [6.07, 6.45) is 0. The first-order valence-corrected chi connectivity index (χ1v) is 11.6. The van der Waals surface area contributed by atoms with Gasteiger partial charge in [-0.15, -0.1) is 46.4 Å². The predicted octanol–water partition coefficient (Wildman–Crippen LogP) is 2.28. The van der Waals surface area contributed by atoms with Gasteiger partial charge >= 0.3 is 7.67 Å². The van der Waals surface area contributed by atoms with Crippen molar-refractivity contribution in [2.75, 3.05) is 62.1 Å². The molecule has 0 saturated heterocycles. The lowest BCUT2D eigenvalue weighted by Gasteiger charge is -2.37. The van der Waals surface area contributed by atoms with Gasteiger partial charge in [0.1, 0.15) is 10.7 Å². The van der Waals surface area contributed by atoms with Crippen LogP contribution >= 0.6 is 54.1 Å². The molecule has 0 unspecified atom stereocenters. The predicted molar refractivity (Wildman–Crippen MR) is 94.8 cm³/mol. The third-order valence-electron chi connectivity index (χ3n) is 2.62. The van der Waals surface area contributed by atoms with Gasteiger partial charge in [-0.25, -0.2) is 17.8 Å². The van der Waals surface area contributed by atoms with E-state index >= 15 is 0 Å². The summed E-state index contributed by atoms with van der Waals surface area (Å²) in [6.45, 7) is 0.969. The Balaban J connectivity index is 5.32. The lowest BCUT2D eigenvalue weighted by atomic mass is 10.6. The molecule has 0 aliphatic heterocycles. The molecule has 0 aliphatic carbocycles. The first kappa shape index (κ1) is 23.2. The summed E-state index contributed by atoms with van der Waals surface area (Å²) in [5.74, 6) is 0.709. The van der Waals surface area contributed by atoms with Crippen LogP contribution in [-0.4, -0.2) is 79.8 Å². The molecule has 12 heteroatoms. The summed E-state index contributed by atoms with van der Waals surface area (Å²) in [5, 5.41) is 0. The largest absolute Gasteiger partial charge is 0.346 e. The standard InChI is InChI=1S/C10H21Cl4N2O4PS/c11-1-5-15(6-2-12)21(17,20-9-10-22(18)19)16(7-3-13)8-4-14/h22H,1-10H2. The first-order chi connectivity index (χ1) is 10.5. The molecule has 0 bridgehead atoms. The Hall–Kier alpha value is 1.22. The van der Waals surface area contributed by atoms with E-state index in [4.69, 9.17) is 50.9 Å². The average molecular weight is 438 g/mol. The maximum Gasteiger partial charge on any atom is 0.346 e. The number of hydrogen-bond donors (Lipinski definition) is 1. The van der Waals surface area contributed by atoms with Gasteiger partial charge in [-0.3, -0.25) is 4.57 Å². The molecule has 0 aromatic carbocycles. The molecule has 0 rings (SSSR count). The van der Waals surface area contributed by atoms with Crippen molar-refractivity contribution in [2.24, 2.45) is 0 Å². The van der Waals surface area contributed by atoms with E-state index in [-0.39, 0.29) is 62.1 Å². The second-order valence-electron chi connectivity index (χ2n) is 4.04. The van der Waals surface area contributed by atoms with E-state index in [9.17, 15) is 13.0 Å². The second-order valence-corrected chi connectivity index (χ2v) is 9.04. The normalized spacial score (nSPS) is 12.7. The number of thiol groups is 1. The third kappa shape index (κ3) is 8.36. The Bertz CT molecular complexity index is 376. The quantitative estimate of drug-likeness (QED) is 0.255. The summed E-state index contributed by atoms with van der Waals surface area (Å²) >= 11 is 23.0. The van der Waals surface area contributed by atoms with Gasteiger partial charge < -0.3 is 4.52 Å². The fraction of sp³-hybridized carbons (Fsp3) is 1.00. The number of halogens is 4. The minimum absolute atomic E-state index is 0.182. The third-order valence-corrected chi connectivity index (χ3v) is 6.59. The van der Waals surface area contributed by atoms with Gasteiger partial charge in [0.2, 0.25) is 0 Å². The van der Waals surface area contributed by atoms with Gasteiger partial charge in [-0.2, -0.15) is 0 Å². The van der Waals surface area contributed by atoms with E-state index in [0.29, 0.717) is 0 Å². The summed E-state index contributed by atoms with van der Waals surface area (Å²) in [4.78, 5) is 0. The van der Waals surface area contributed by atoms with E-state index in [1.165, 1.54) is 9.34 Å². The van der Waals surface area contributed by atoms with E-state index in [1.54, 1.807) is 0 Å². The molecule has 0 aromatic heterocycles. The van der Waals surface area contributed by atoms with Crippen LogP contribution in [0.5, 0.6) is 0 Å². The fourth-order valence-corrected chi connectivity index (χ4v) is 5.79. The molecule has 0 radical (unpaired) electrons. The van der Waals surface area contributed by atoms with Crippen LogP contribution in [0.4, 0.5) is 0 Å². The fourth-order valence-electron chi connectivity index (χ4n) is 1.70. The molecule has 0 saturated carbocycles. The van der Waals surface area contributed by atoms with Gasteiger partial charge in [0.25, 0.3) is 0 Å². The van der Waals surface area contributed by atoms with Crippen LogP contribution in [0.25, 0.3) is 0 Å². The number of hydrogen-bond acceptors (Lipinski definition) is 4. The molecular formula is C10H21Cl4N2O4PS. The van der Waals surface area contributed by atoms with Gasteiger partial charge in [0.05, 0.1) is 12.4 Å². The molecule has 0 spiro atoms. The molecule has 22 heavy (non-hydrogen) atoms. The highest BCUT2D eigenvalue weighted by atomic mass is 35.5. The van der Waals surface area contributed by atoms with Gasteiger partial charge in [-0.05, 0) is 0 Å². The number of alkyl halides is 4.